The zero-order chi connectivity index (χ0) is 11.6. The van der Waals surface area contributed by atoms with Gasteiger partial charge in [0.25, 0.3) is 0 Å². The average molecular weight is 210 g/mol. The molecular weight excluding hydrogens is 192 g/mol. The second-order valence-electron chi connectivity index (χ2n) is 3.78. The van der Waals surface area contributed by atoms with Crippen LogP contribution in [0.2, 0.25) is 0 Å². The Bertz CT molecular complexity index is 368. The molecule has 0 aliphatic heterocycles. The Hall–Kier alpha value is -1.36. The van der Waals surface area contributed by atoms with E-state index in [2.05, 4.69) is 10.4 Å². The average Bonchev–Trinajstić information content (AvgIpc) is 2.38. The number of nitrogens with one attached hydrogen (secondary N) is 1. The Morgan fingerprint density at radius 1 is 1.60 bits per heavy atom. The van der Waals surface area contributed by atoms with Gasteiger partial charge in [0.1, 0.15) is 0 Å². The minimum atomic E-state index is -0.470. The van der Waals surface area contributed by atoms with Crippen LogP contribution in [-0.4, -0.2) is 21.7 Å². The highest BCUT2D eigenvalue weighted by molar-refractivity contribution is 5.80. The summed E-state index contributed by atoms with van der Waals surface area (Å²) in [5.74, 6) is -0.141. The Morgan fingerprint density at radius 2 is 2.20 bits per heavy atom. The first-order chi connectivity index (χ1) is 6.93. The maximum atomic E-state index is 11.3. The molecule has 5 nitrogen and oxygen atoms in total. The number of aryl methyl sites for hydroxylation is 2. The van der Waals surface area contributed by atoms with Crippen molar-refractivity contribution in [2.75, 3.05) is 0 Å². The molecule has 0 radical (unpaired) electrons. The lowest BCUT2D eigenvalue weighted by molar-refractivity contribution is -0.122. The number of carbonyl (C=O) groups excluding carboxylic acids is 1. The summed E-state index contributed by atoms with van der Waals surface area (Å²) in [4.78, 5) is 11.3. The predicted octanol–water partition coefficient (Wildman–Crippen LogP) is 0.000340. The van der Waals surface area contributed by atoms with E-state index in [9.17, 15) is 4.79 Å². The Morgan fingerprint density at radius 3 is 2.60 bits per heavy atom. The van der Waals surface area contributed by atoms with Crippen LogP contribution in [0.4, 0.5) is 0 Å². The van der Waals surface area contributed by atoms with Crippen molar-refractivity contribution in [1.29, 1.82) is 0 Å². The first kappa shape index (κ1) is 11.7. The highest BCUT2D eigenvalue weighted by Crippen LogP contribution is 2.10. The number of amides is 1. The molecule has 3 N–H and O–H groups in total. The monoisotopic (exact) mass is 210 g/mol. The van der Waals surface area contributed by atoms with Crippen molar-refractivity contribution in [2.45, 2.75) is 33.4 Å². The maximum Gasteiger partial charge on any atom is 0.236 e. The number of aromatic nitrogens is 2. The molecule has 0 fully saturated rings. The first-order valence-corrected chi connectivity index (χ1v) is 4.96. The van der Waals surface area contributed by atoms with E-state index in [1.807, 2.05) is 25.6 Å². The third-order valence-electron chi connectivity index (χ3n) is 2.51. The van der Waals surface area contributed by atoms with E-state index in [-0.39, 0.29) is 5.91 Å². The molecule has 0 saturated heterocycles. The molecule has 0 bridgehead atoms. The summed E-state index contributed by atoms with van der Waals surface area (Å²) in [7, 11) is 1.89. The molecule has 1 unspecified atom stereocenters. The predicted molar refractivity (Wildman–Crippen MR) is 58.2 cm³/mol. The van der Waals surface area contributed by atoms with Gasteiger partial charge in [-0.3, -0.25) is 9.48 Å². The topological polar surface area (TPSA) is 72.9 Å². The minimum Gasteiger partial charge on any atom is -0.351 e. The second kappa shape index (κ2) is 4.44. The second-order valence-corrected chi connectivity index (χ2v) is 3.78. The molecule has 1 heterocycles. The summed E-state index contributed by atoms with van der Waals surface area (Å²) < 4.78 is 1.81. The third kappa shape index (κ3) is 2.56. The molecular formula is C10H18N4O. The molecule has 1 atom stereocenters. The molecule has 0 saturated carbocycles. The van der Waals surface area contributed by atoms with Gasteiger partial charge in [-0.15, -0.1) is 0 Å². The summed E-state index contributed by atoms with van der Waals surface area (Å²) in [6.45, 7) is 6.07. The normalized spacial score (nSPS) is 12.6. The van der Waals surface area contributed by atoms with Gasteiger partial charge in [0, 0.05) is 24.8 Å². The molecule has 1 amide bonds. The molecule has 0 spiro atoms. The number of nitrogens with zero attached hydrogens (tertiary/aromatic N) is 2. The number of hydrogen-bond acceptors (Lipinski definition) is 3. The van der Waals surface area contributed by atoms with Crippen LogP contribution in [0.3, 0.4) is 0 Å². The van der Waals surface area contributed by atoms with Crippen molar-refractivity contribution in [2.24, 2.45) is 12.8 Å². The molecule has 0 aliphatic rings. The zero-order valence-electron chi connectivity index (χ0n) is 9.66. The van der Waals surface area contributed by atoms with E-state index < -0.39 is 6.04 Å². The molecule has 1 rings (SSSR count). The van der Waals surface area contributed by atoms with Gasteiger partial charge in [-0.1, -0.05) is 0 Å². The van der Waals surface area contributed by atoms with E-state index in [1.165, 1.54) is 0 Å². The van der Waals surface area contributed by atoms with Crippen LogP contribution in [0.15, 0.2) is 0 Å². The zero-order valence-corrected chi connectivity index (χ0v) is 9.66. The van der Waals surface area contributed by atoms with Gasteiger partial charge < -0.3 is 11.1 Å². The summed E-state index contributed by atoms with van der Waals surface area (Å²) in [6.07, 6.45) is 0. The molecule has 0 aromatic carbocycles. The highest BCUT2D eigenvalue weighted by atomic mass is 16.2. The minimum absolute atomic E-state index is 0.141. The Kier molecular flexibility index (Phi) is 3.47. The first-order valence-electron chi connectivity index (χ1n) is 4.96. The van der Waals surface area contributed by atoms with Crippen LogP contribution in [0.5, 0.6) is 0 Å². The van der Waals surface area contributed by atoms with Crippen LogP contribution >= 0.6 is 0 Å². The number of hydrogen-bond donors (Lipinski definition) is 2. The van der Waals surface area contributed by atoms with Crippen molar-refractivity contribution >= 4 is 5.91 Å². The van der Waals surface area contributed by atoms with Crippen LogP contribution in [0.25, 0.3) is 0 Å². The van der Waals surface area contributed by atoms with Crippen molar-refractivity contribution < 1.29 is 4.79 Å². The summed E-state index contributed by atoms with van der Waals surface area (Å²) >= 11 is 0. The summed E-state index contributed by atoms with van der Waals surface area (Å²) in [6, 6.07) is -0.470. The van der Waals surface area contributed by atoms with E-state index in [4.69, 9.17) is 5.73 Å². The lowest BCUT2D eigenvalue weighted by Gasteiger charge is -2.07. The standard InChI is InChI=1S/C10H18N4O/c1-6(11)10(15)12-5-9-7(2)13-14(4)8(9)3/h6H,5,11H2,1-4H3,(H,12,15). The molecule has 1 aromatic rings. The van der Waals surface area contributed by atoms with Crippen molar-refractivity contribution in [3.8, 4) is 0 Å². The fourth-order valence-electron chi connectivity index (χ4n) is 1.41. The van der Waals surface area contributed by atoms with Gasteiger partial charge in [-0.05, 0) is 20.8 Å². The van der Waals surface area contributed by atoms with E-state index in [1.54, 1.807) is 6.92 Å². The lowest BCUT2D eigenvalue weighted by Crippen LogP contribution is -2.38. The largest absolute Gasteiger partial charge is 0.351 e. The van der Waals surface area contributed by atoms with Crippen molar-refractivity contribution in [1.82, 2.24) is 15.1 Å². The fraction of sp³-hybridized carbons (Fsp3) is 0.600. The van der Waals surface area contributed by atoms with Gasteiger partial charge in [0.05, 0.1) is 11.7 Å². The smallest absolute Gasteiger partial charge is 0.236 e. The van der Waals surface area contributed by atoms with Gasteiger partial charge in [0.2, 0.25) is 5.91 Å². The van der Waals surface area contributed by atoms with Crippen molar-refractivity contribution in [3.63, 3.8) is 0 Å². The van der Waals surface area contributed by atoms with E-state index >= 15 is 0 Å². The highest BCUT2D eigenvalue weighted by Gasteiger charge is 2.11. The Labute approximate surface area is 89.6 Å². The number of carbonyl (C=O) groups is 1. The number of rotatable bonds is 3. The number of nitrogens with two attached hydrogens (primary N) is 1. The summed E-state index contributed by atoms with van der Waals surface area (Å²) in [5.41, 5.74) is 8.52. The molecule has 5 heteroatoms. The molecule has 0 aliphatic carbocycles. The van der Waals surface area contributed by atoms with Crippen LogP contribution in [0, 0.1) is 13.8 Å². The van der Waals surface area contributed by atoms with E-state index in [0.29, 0.717) is 6.54 Å². The van der Waals surface area contributed by atoms with Gasteiger partial charge in [-0.25, -0.2) is 0 Å². The van der Waals surface area contributed by atoms with Crippen LogP contribution in [0.1, 0.15) is 23.9 Å². The fourth-order valence-corrected chi connectivity index (χ4v) is 1.41. The molecule has 15 heavy (non-hydrogen) atoms. The Balaban J connectivity index is 2.69. The maximum absolute atomic E-state index is 11.3. The van der Waals surface area contributed by atoms with Crippen LogP contribution in [-0.2, 0) is 18.4 Å². The molecule has 84 valence electrons. The van der Waals surface area contributed by atoms with Gasteiger partial charge in [-0.2, -0.15) is 5.10 Å². The van der Waals surface area contributed by atoms with Gasteiger partial charge in [0.15, 0.2) is 0 Å². The van der Waals surface area contributed by atoms with E-state index in [0.717, 1.165) is 17.0 Å². The third-order valence-corrected chi connectivity index (χ3v) is 2.51. The molecule has 1 aromatic heterocycles. The van der Waals surface area contributed by atoms with Gasteiger partial charge >= 0.3 is 0 Å². The summed E-state index contributed by atoms with van der Waals surface area (Å²) in [5, 5.41) is 7.04. The van der Waals surface area contributed by atoms with Crippen LogP contribution < -0.4 is 11.1 Å². The quantitative estimate of drug-likeness (QED) is 0.737. The lowest BCUT2D eigenvalue weighted by atomic mass is 10.2. The SMILES string of the molecule is Cc1nn(C)c(C)c1CNC(=O)C(C)N. The van der Waals surface area contributed by atoms with Crippen molar-refractivity contribution in [3.05, 3.63) is 17.0 Å².